The number of methoxy groups -OCH3 is 1. The van der Waals surface area contributed by atoms with Crippen LogP contribution in [-0.2, 0) is 0 Å². The fourth-order valence-corrected chi connectivity index (χ4v) is 5.44. The van der Waals surface area contributed by atoms with Gasteiger partial charge in [-0.1, -0.05) is 60.7 Å². The summed E-state index contributed by atoms with van der Waals surface area (Å²) in [6, 6.07) is 26.3. The smallest absolute Gasteiger partial charge is 0.142 e. The minimum atomic E-state index is 0.183. The molecule has 3 atom stereocenters. The summed E-state index contributed by atoms with van der Waals surface area (Å²) in [6.07, 6.45) is 0.766. The van der Waals surface area contributed by atoms with Crippen molar-refractivity contribution in [3.05, 3.63) is 95.1 Å². The fourth-order valence-electron chi connectivity index (χ4n) is 5.44. The van der Waals surface area contributed by atoms with E-state index in [4.69, 9.17) is 4.74 Å². The normalized spacial score (nSPS) is 20.2. The third-order valence-corrected chi connectivity index (χ3v) is 7.27. The summed E-state index contributed by atoms with van der Waals surface area (Å²) in [4.78, 5) is 2.38. The van der Waals surface area contributed by atoms with E-state index in [0.717, 1.165) is 24.4 Å². The number of likely N-dealkylation sites (N-methyl/N-ethyl adjacent to an activating group) is 1. The first kappa shape index (κ1) is 23.3. The number of aliphatic hydroxyl groups excluding tert-OH is 1. The van der Waals surface area contributed by atoms with Crippen molar-refractivity contribution < 1.29 is 9.84 Å². The third-order valence-electron chi connectivity index (χ3n) is 7.27. The van der Waals surface area contributed by atoms with Crippen LogP contribution < -0.4 is 15.0 Å². The second-order valence-electron chi connectivity index (χ2n) is 9.22. The highest BCUT2D eigenvalue weighted by atomic mass is 16.5. The van der Waals surface area contributed by atoms with Gasteiger partial charge in [0, 0.05) is 38.2 Å². The minimum Gasteiger partial charge on any atom is -0.495 e. The Labute approximate surface area is 198 Å². The summed E-state index contributed by atoms with van der Waals surface area (Å²) in [5.41, 5.74) is 6.18. The van der Waals surface area contributed by atoms with Crippen LogP contribution in [0.4, 0.5) is 5.69 Å². The molecular weight excluding hydrogens is 408 g/mol. The van der Waals surface area contributed by atoms with Crippen LogP contribution in [0.1, 0.15) is 34.6 Å². The molecule has 4 heteroatoms. The van der Waals surface area contributed by atoms with Crippen LogP contribution in [0.3, 0.4) is 0 Å². The molecule has 3 aromatic rings. The number of aliphatic hydroxyl groups is 1. The third kappa shape index (κ3) is 4.78. The summed E-state index contributed by atoms with van der Waals surface area (Å²) in [5.74, 6) is 1.41. The molecule has 0 saturated carbocycles. The number of aryl methyl sites for hydroxylation is 2. The van der Waals surface area contributed by atoms with Crippen LogP contribution >= 0.6 is 0 Å². The number of rotatable bonds is 8. The number of anilines is 1. The summed E-state index contributed by atoms with van der Waals surface area (Å²) < 4.78 is 5.81. The molecule has 1 heterocycles. The molecular formula is C29H36N2O2. The van der Waals surface area contributed by atoms with Gasteiger partial charge in [-0.05, 0) is 60.6 Å². The number of hydrogen-bond acceptors (Lipinski definition) is 4. The number of nitrogens with zero attached hydrogens (tertiary/aromatic N) is 1. The molecule has 4 rings (SSSR count). The fraction of sp³-hybridized carbons (Fsp3) is 0.379. The average Bonchev–Trinajstić information content (AvgIpc) is 3.25. The zero-order valence-electron chi connectivity index (χ0n) is 20.2. The van der Waals surface area contributed by atoms with Crippen LogP contribution in [0.15, 0.2) is 72.8 Å². The van der Waals surface area contributed by atoms with E-state index in [1.807, 2.05) is 0 Å². The first-order chi connectivity index (χ1) is 16.0. The molecule has 0 spiro atoms. The lowest BCUT2D eigenvalue weighted by Gasteiger charge is -2.39. The van der Waals surface area contributed by atoms with E-state index in [2.05, 4.69) is 104 Å². The highest BCUT2D eigenvalue weighted by molar-refractivity contribution is 5.62. The molecule has 0 amide bonds. The lowest BCUT2D eigenvalue weighted by Crippen LogP contribution is -2.48. The highest BCUT2D eigenvalue weighted by Gasteiger charge is 2.43. The van der Waals surface area contributed by atoms with Crippen molar-refractivity contribution in [2.45, 2.75) is 38.3 Å². The van der Waals surface area contributed by atoms with E-state index in [0.29, 0.717) is 5.92 Å². The Morgan fingerprint density at radius 2 is 1.55 bits per heavy atom. The Balaban J connectivity index is 1.80. The zero-order valence-corrected chi connectivity index (χ0v) is 20.2. The highest BCUT2D eigenvalue weighted by Crippen LogP contribution is 2.40. The van der Waals surface area contributed by atoms with E-state index in [9.17, 15) is 5.11 Å². The molecule has 1 aliphatic rings. The standard InChI is InChI=1S/C29H36N2O2/c1-20-17-25(26(33-4)18-21(20)2)31(3)29-24(15-16-32)19-30-28(29)27(22-11-7-5-8-12-22)23-13-9-6-10-14-23/h5-14,17-18,24,27-30,32H,15-16,19H2,1-4H3. The van der Waals surface area contributed by atoms with Crippen LogP contribution in [-0.4, -0.2) is 44.5 Å². The summed E-state index contributed by atoms with van der Waals surface area (Å²) in [7, 11) is 3.92. The van der Waals surface area contributed by atoms with E-state index in [1.54, 1.807) is 7.11 Å². The number of ether oxygens (including phenoxy) is 1. The zero-order chi connectivity index (χ0) is 23.4. The summed E-state index contributed by atoms with van der Waals surface area (Å²) in [5, 5.41) is 13.7. The molecule has 1 saturated heterocycles. The SMILES string of the molecule is COc1cc(C)c(C)cc1N(C)C1C(CCO)CNC1C(c1ccccc1)c1ccccc1. The van der Waals surface area contributed by atoms with E-state index >= 15 is 0 Å². The van der Waals surface area contributed by atoms with Crippen LogP contribution in [0.5, 0.6) is 5.75 Å². The molecule has 0 aliphatic carbocycles. The average molecular weight is 445 g/mol. The van der Waals surface area contributed by atoms with Gasteiger partial charge >= 0.3 is 0 Å². The molecule has 2 N–H and O–H groups in total. The molecule has 0 aromatic heterocycles. The van der Waals surface area contributed by atoms with Crippen molar-refractivity contribution in [3.63, 3.8) is 0 Å². The second kappa shape index (κ2) is 10.4. The maximum absolute atomic E-state index is 9.87. The van der Waals surface area contributed by atoms with Crippen molar-refractivity contribution in [2.24, 2.45) is 5.92 Å². The molecule has 33 heavy (non-hydrogen) atoms. The Kier molecular flexibility index (Phi) is 7.36. The van der Waals surface area contributed by atoms with Gasteiger partial charge in [0.1, 0.15) is 5.75 Å². The van der Waals surface area contributed by atoms with Crippen molar-refractivity contribution in [1.82, 2.24) is 5.32 Å². The van der Waals surface area contributed by atoms with Gasteiger partial charge in [0.2, 0.25) is 0 Å². The second-order valence-corrected chi connectivity index (χ2v) is 9.22. The first-order valence-corrected chi connectivity index (χ1v) is 11.9. The van der Waals surface area contributed by atoms with Gasteiger partial charge in [-0.15, -0.1) is 0 Å². The van der Waals surface area contributed by atoms with Gasteiger partial charge in [-0.2, -0.15) is 0 Å². The predicted molar refractivity (Wildman–Crippen MR) is 136 cm³/mol. The maximum Gasteiger partial charge on any atom is 0.142 e. The largest absolute Gasteiger partial charge is 0.495 e. The Morgan fingerprint density at radius 1 is 0.970 bits per heavy atom. The van der Waals surface area contributed by atoms with Crippen LogP contribution in [0, 0.1) is 19.8 Å². The Bertz CT molecular complexity index is 999. The van der Waals surface area contributed by atoms with Gasteiger partial charge < -0.3 is 20.1 Å². The van der Waals surface area contributed by atoms with Crippen LogP contribution in [0.25, 0.3) is 0 Å². The van der Waals surface area contributed by atoms with Gasteiger partial charge in [0.15, 0.2) is 0 Å². The number of nitrogens with one attached hydrogen (secondary N) is 1. The predicted octanol–water partition coefficient (Wildman–Crippen LogP) is 4.92. The Hall–Kier alpha value is -2.82. The Morgan fingerprint density at radius 3 is 2.09 bits per heavy atom. The number of hydrogen-bond donors (Lipinski definition) is 2. The summed E-state index contributed by atoms with van der Waals surface area (Å²) >= 11 is 0. The monoisotopic (exact) mass is 444 g/mol. The van der Waals surface area contributed by atoms with Crippen molar-refractivity contribution in [1.29, 1.82) is 0 Å². The molecule has 1 fully saturated rings. The molecule has 0 radical (unpaired) electrons. The van der Waals surface area contributed by atoms with E-state index in [-0.39, 0.29) is 24.6 Å². The molecule has 1 aliphatic heterocycles. The topological polar surface area (TPSA) is 44.7 Å². The molecule has 3 aromatic carbocycles. The van der Waals surface area contributed by atoms with Crippen LogP contribution in [0.2, 0.25) is 0 Å². The van der Waals surface area contributed by atoms with Gasteiger partial charge in [0.05, 0.1) is 12.8 Å². The molecule has 3 unspecified atom stereocenters. The first-order valence-electron chi connectivity index (χ1n) is 11.9. The molecule has 4 nitrogen and oxygen atoms in total. The quantitative estimate of drug-likeness (QED) is 0.518. The van der Waals surface area contributed by atoms with Gasteiger partial charge in [0.25, 0.3) is 0 Å². The number of benzene rings is 3. The molecule has 0 bridgehead atoms. The van der Waals surface area contributed by atoms with E-state index in [1.165, 1.54) is 22.3 Å². The van der Waals surface area contributed by atoms with Crippen molar-refractivity contribution >= 4 is 5.69 Å². The van der Waals surface area contributed by atoms with Crippen molar-refractivity contribution in [3.8, 4) is 5.75 Å². The minimum absolute atomic E-state index is 0.183. The lowest BCUT2D eigenvalue weighted by molar-refractivity contribution is 0.251. The van der Waals surface area contributed by atoms with E-state index < -0.39 is 0 Å². The van der Waals surface area contributed by atoms with Gasteiger partial charge in [-0.3, -0.25) is 0 Å². The maximum atomic E-state index is 9.87. The van der Waals surface area contributed by atoms with Crippen molar-refractivity contribution in [2.75, 3.05) is 32.2 Å². The lowest BCUT2D eigenvalue weighted by atomic mass is 9.79. The van der Waals surface area contributed by atoms with Gasteiger partial charge in [-0.25, -0.2) is 0 Å². The molecule has 174 valence electrons. The summed E-state index contributed by atoms with van der Waals surface area (Å²) in [6.45, 7) is 5.34.